The zero-order chi connectivity index (χ0) is 20.4. The fourth-order valence-corrected chi connectivity index (χ4v) is 5.50. The van der Waals surface area contributed by atoms with Gasteiger partial charge in [-0.25, -0.2) is 8.42 Å². The van der Waals surface area contributed by atoms with Gasteiger partial charge in [0.1, 0.15) is 5.76 Å². The van der Waals surface area contributed by atoms with Crippen LogP contribution in [0.15, 0.2) is 45.9 Å². The Hall–Kier alpha value is -2.16. The number of piperazine rings is 1. The molecule has 4 rings (SSSR count). The van der Waals surface area contributed by atoms with Crippen molar-refractivity contribution in [1.29, 1.82) is 0 Å². The topological polar surface area (TPSA) is 82.9 Å². The highest BCUT2D eigenvalue weighted by molar-refractivity contribution is 7.89. The van der Waals surface area contributed by atoms with Gasteiger partial charge in [0.05, 0.1) is 23.7 Å². The predicted octanol–water partition coefficient (Wildman–Crippen LogP) is 1.95. The molecule has 2 aromatic rings. The molecule has 1 aliphatic heterocycles. The fraction of sp³-hybridized carbons (Fsp3) is 0.476. The van der Waals surface area contributed by atoms with Crippen molar-refractivity contribution in [2.24, 2.45) is 0 Å². The number of fused-ring (bicyclic) bond motifs is 1. The molecular formula is C21H27N3O4S. The summed E-state index contributed by atoms with van der Waals surface area (Å²) in [5.41, 5.74) is 2.41. The van der Waals surface area contributed by atoms with Crippen molar-refractivity contribution >= 4 is 15.9 Å². The van der Waals surface area contributed by atoms with E-state index in [1.54, 1.807) is 17.2 Å². The summed E-state index contributed by atoms with van der Waals surface area (Å²) in [5, 5.41) is 3.16. The van der Waals surface area contributed by atoms with Crippen LogP contribution in [0.2, 0.25) is 0 Å². The van der Waals surface area contributed by atoms with E-state index in [1.807, 2.05) is 31.2 Å². The standard InChI is InChI=1S/C21H27N3O4S/c1-16(20-6-3-13-28-20)22-15-21(25)23-9-11-24(12-10-23)29(26,27)19-8-7-17-4-2-5-18(17)14-19/h3,6-8,13-14,16,22H,2,4-5,9-12,15H2,1H3/t16-/m1/s1. The van der Waals surface area contributed by atoms with Crippen LogP contribution in [0.1, 0.15) is 36.3 Å². The minimum absolute atomic E-state index is 0.0296. The summed E-state index contributed by atoms with van der Waals surface area (Å²) in [4.78, 5) is 14.6. The first-order valence-electron chi connectivity index (χ1n) is 10.1. The molecule has 0 radical (unpaired) electrons. The molecule has 0 saturated carbocycles. The largest absolute Gasteiger partial charge is 0.468 e. The first kappa shape index (κ1) is 20.1. The summed E-state index contributed by atoms with van der Waals surface area (Å²) < 4.78 is 32.8. The molecule has 0 bridgehead atoms. The van der Waals surface area contributed by atoms with Crippen molar-refractivity contribution in [2.45, 2.75) is 37.1 Å². The highest BCUT2D eigenvalue weighted by Crippen LogP contribution is 2.26. The molecule has 2 heterocycles. The summed E-state index contributed by atoms with van der Waals surface area (Å²) >= 11 is 0. The third-order valence-electron chi connectivity index (χ3n) is 5.83. The molecule has 7 nitrogen and oxygen atoms in total. The molecular weight excluding hydrogens is 390 g/mol. The van der Waals surface area contributed by atoms with Crippen LogP contribution in [-0.4, -0.2) is 56.3 Å². The molecule has 0 unspecified atom stereocenters. The van der Waals surface area contributed by atoms with Gasteiger partial charge in [0.15, 0.2) is 0 Å². The Kier molecular flexibility index (Phi) is 5.76. The van der Waals surface area contributed by atoms with E-state index in [2.05, 4.69) is 5.32 Å². The lowest BCUT2D eigenvalue weighted by molar-refractivity contribution is -0.131. The van der Waals surface area contributed by atoms with Gasteiger partial charge in [-0.3, -0.25) is 10.1 Å². The van der Waals surface area contributed by atoms with Crippen LogP contribution >= 0.6 is 0 Å². The average molecular weight is 418 g/mol. The van der Waals surface area contributed by atoms with Crippen LogP contribution in [0.4, 0.5) is 0 Å². The van der Waals surface area contributed by atoms with E-state index in [-0.39, 0.29) is 18.5 Å². The number of amides is 1. The average Bonchev–Trinajstić information content (AvgIpc) is 3.43. The highest BCUT2D eigenvalue weighted by atomic mass is 32.2. The van der Waals surface area contributed by atoms with E-state index >= 15 is 0 Å². The SMILES string of the molecule is C[C@@H](NCC(=O)N1CCN(S(=O)(=O)c2ccc3c(c2)CCC3)CC1)c1ccco1. The maximum Gasteiger partial charge on any atom is 0.243 e. The Morgan fingerprint density at radius 1 is 1.14 bits per heavy atom. The van der Waals surface area contributed by atoms with Gasteiger partial charge in [-0.15, -0.1) is 0 Å². The summed E-state index contributed by atoms with van der Waals surface area (Å²) in [6.45, 7) is 3.57. The van der Waals surface area contributed by atoms with Gasteiger partial charge in [0.2, 0.25) is 15.9 Å². The van der Waals surface area contributed by atoms with Crippen molar-refractivity contribution in [1.82, 2.24) is 14.5 Å². The summed E-state index contributed by atoms with van der Waals surface area (Å²) in [7, 11) is -3.52. The number of rotatable bonds is 6. The van der Waals surface area contributed by atoms with Gasteiger partial charge in [-0.2, -0.15) is 4.31 Å². The number of aryl methyl sites for hydroxylation is 2. The molecule has 1 aromatic carbocycles. The third-order valence-corrected chi connectivity index (χ3v) is 7.72. The van der Waals surface area contributed by atoms with Crippen molar-refractivity contribution in [3.05, 3.63) is 53.5 Å². The van der Waals surface area contributed by atoms with E-state index < -0.39 is 10.0 Å². The second-order valence-electron chi connectivity index (χ2n) is 7.69. The number of nitrogens with one attached hydrogen (secondary N) is 1. The molecule has 1 atom stereocenters. The zero-order valence-corrected chi connectivity index (χ0v) is 17.5. The molecule has 1 aromatic heterocycles. The maximum atomic E-state index is 13.0. The van der Waals surface area contributed by atoms with Crippen LogP contribution in [-0.2, 0) is 27.7 Å². The van der Waals surface area contributed by atoms with E-state index in [1.165, 1.54) is 9.87 Å². The fourth-order valence-electron chi connectivity index (χ4n) is 4.03. The number of benzene rings is 1. The number of sulfonamides is 1. The summed E-state index contributed by atoms with van der Waals surface area (Å²) in [6, 6.07) is 9.11. The van der Waals surface area contributed by atoms with E-state index in [4.69, 9.17) is 4.42 Å². The monoisotopic (exact) mass is 417 g/mol. The summed E-state index contributed by atoms with van der Waals surface area (Å²) in [6.07, 6.45) is 4.68. The van der Waals surface area contributed by atoms with Crippen LogP contribution in [0.25, 0.3) is 0 Å². The van der Waals surface area contributed by atoms with Crippen molar-refractivity contribution in [3.63, 3.8) is 0 Å². The van der Waals surface area contributed by atoms with Crippen LogP contribution < -0.4 is 5.32 Å². The van der Waals surface area contributed by atoms with Gasteiger partial charge in [0.25, 0.3) is 0 Å². The number of hydrogen-bond acceptors (Lipinski definition) is 5. The second-order valence-corrected chi connectivity index (χ2v) is 9.62. The van der Waals surface area contributed by atoms with Crippen LogP contribution in [0.3, 0.4) is 0 Å². The molecule has 2 aliphatic rings. The van der Waals surface area contributed by atoms with Crippen LogP contribution in [0, 0.1) is 0 Å². The van der Waals surface area contributed by atoms with E-state index in [9.17, 15) is 13.2 Å². The number of nitrogens with zero attached hydrogens (tertiary/aromatic N) is 2. The van der Waals surface area contributed by atoms with Crippen molar-refractivity contribution in [3.8, 4) is 0 Å². The molecule has 1 fully saturated rings. The molecule has 0 spiro atoms. The van der Waals surface area contributed by atoms with Gasteiger partial charge >= 0.3 is 0 Å². The molecule has 1 N–H and O–H groups in total. The normalized spacial score (nSPS) is 18.6. The summed E-state index contributed by atoms with van der Waals surface area (Å²) in [5.74, 6) is 0.751. The minimum Gasteiger partial charge on any atom is -0.468 e. The number of carbonyl (C=O) groups is 1. The lowest BCUT2D eigenvalue weighted by Gasteiger charge is -2.34. The molecule has 156 valence electrons. The number of furan rings is 1. The van der Waals surface area contributed by atoms with Crippen molar-refractivity contribution in [2.75, 3.05) is 32.7 Å². The quantitative estimate of drug-likeness (QED) is 0.777. The molecule has 1 saturated heterocycles. The highest BCUT2D eigenvalue weighted by Gasteiger charge is 2.30. The second kappa shape index (κ2) is 8.30. The molecule has 1 aliphatic carbocycles. The third kappa shape index (κ3) is 4.24. The molecule has 1 amide bonds. The van der Waals surface area contributed by atoms with E-state index in [0.29, 0.717) is 31.1 Å². The Bertz CT molecular complexity index is 964. The van der Waals surface area contributed by atoms with Gasteiger partial charge in [-0.1, -0.05) is 6.07 Å². The minimum atomic E-state index is -3.52. The Labute approximate surface area is 171 Å². The Morgan fingerprint density at radius 2 is 1.90 bits per heavy atom. The first-order chi connectivity index (χ1) is 13.9. The smallest absolute Gasteiger partial charge is 0.243 e. The Balaban J connectivity index is 1.32. The van der Waals surface area contributed by atoms with E-state index in [0.717, 1.165) is 30.6 Å². The Morgan fingerprint density at radius 3 is 2.62 bits per heavy atom. The number of carbonyl (C=O) groups excluding carboxylic acids is 1. The van der Waals surface area contributed by atoms with Gasteiger partial charge in [-0.05, 0) is 61.6 Å². The van der Waals surface area contributed by atoms with Gasteiger partial charge < -0.3 is 9.32 Å². The number of hydrogen-bond donors (Lipinski definition) is 1. The van der Waals surface area contributed by atoms with Crippen LogP contribution in [0.5, 0.6) is 0 Å². The first-order valence-corrected chi connectivity index (χ1v) is 11.6. The molecule has 29 heavy (non-hydrogen) atoms. The zero-order valence-electron chi connectivity index (χ0n) is 16.6. The predicted molar refractivity (Wildman–Crippen MR) is 109 cm³/mol. The molecule has 8 heteroatoms. The maximum absolute atomic E-state index is 13.0. The van der Waals surface area contributed by atoms with Gasteiger partial charge in [0, 0.05) is 26.2 Å². The van der Waals surface area contributed by atoms with Crippen molar-refractivity contribution < 1.29 is 17.6 Å². The lowest BCUT2D eigenvalue weighted by atomic mass is 10.1. The lowest BCUT2D eigenvalue weighted by Crippen LogP contribution is -2.52.